The zero-order valence-electron chi connectivity index (χ0n) is 13.8. The number of fused-ring (bicyclic) bond motifs is 2. The van der Waals surface area contributed by atoms with Gasteiger partial charge < -0.3 is 11.1 Å². The summed E-state index contributed by atoms with van der Waals surface area (Å²) in [6, 6.07) is 8.68. The molecule has 0 aromatic heterocycles. The zero-order chi connectivity index (χ0) is 16.0. The van der Waals surface area contributed by atoms with Crippen molar-refractivity contribution in [2.45, 2.75) is 56.5 Å². The van der Waals surface area contributed by atoms with E-state index < -0.39 is 0 Å². The summed E-state index contributed by atoms with van der Waals surface area (Å²) in [7, 11) is 0. The summed E-state index contributed by atoms with van der Waals surface area (Å²) >= 11 is 3.54. The molecule has 0 radical (unpaired) electrons. The van der Waals surface area contributed by atoms with Gasteiger partial charge in [0.05, 0.1) is 5.54 Å². The lowest BCUT2D eigenvalue weighted by Crippen LogP contribution is -2.50. The zero-order valence-corrected chi connectivity index (χ0v) is 16.2. The van der Waals surface area contributed by atoms with Gasteiger partial charge in [0, 0.05) is 16.4 Å². The molecule has 132 valence electrons. The number of nitrogens with two attached hydrogens (primary N) is 1. The molecular weight excluding hydrogens is 388 g/mol. The molecule has 3 fully saturated rings. The minimum Gasteiger partial charge on any atom is -0.346 e. The number of hydrogen-bond donors (Lipinski definition) is 2. The molecule has 0 spiro atoms. The van der Waals surface area contributed by atoms with Gasteiger partial charge in [0.25, 0.3) is 0 Å². The highest BCUT2D eigenvalue weighted by Crippen LogP contribution is 2.47. The second-order valence-corrected chi connectivity index (χ2v) is 8.69. The first kappa shape index (κ1) is 18.2. The molecule has 1 aromatic rings. The van der Waals surface area contributed by atoms with Gasteiger partial charge >= 0.3 is 0 Å². The quantitative estimate of drug-likeness (QED) is 0.783. The SMILES string of the molecule is Cl.NC1C2CCCC1CC(C(=O)NC1(c3cccc(Br)c3)CC1)C2. The van der Waals surface area contributed by atoms with E-state index in [4.69, 9.17) is 5.73 Å². The molecule has 3 N–H and O–H groups in total. The lowest BCUT2D eigenvalue weighted by atomic mass is 9.65. The molecule has 3 aliphatic carbocycles. The Kier molecular flexibility index (Phi) is 5.29. The highest BCUT2D eigenvalue weighted by molar-refractivity contribution is 9.10. The second-order valence-electron chi connectivity index (χ2n) is 7.78. The van der Waals surface area contributed by atoms with E-state index in [1.165, 1.54) is 24.8 Å². The second kappa shape index (κ2) is 6.97. The molecular formula is C19H26BrClN2O. The van der Waals surface area contributed by atoms with Gasteiger partial charge in [-0.05, 0) is 68.1 Å². The Bertz CT molecular complexity index is 605. The van der Waals surface area contributed by atoms with E-state index in [-0.39, 0.29) is 29.8 Å². The van der Waals surface area contributed by atoms with Gasteiger partial charge in [-0.3, -0.25) is 4.79 Å². The third kappa shape index (κ3) is 3.38. The van der Waals surface area contributed by atoms with E-state index >= 15 is 0 Å². The predicted octanol–water partition coefficient (Wildman–Crippen LogP) is 4.13. The third-order valence-electron chi connectivity index (χ3n) is 6.27. The molecule has 3 nitrogen and oxygen atoms in total. The summed E-state index contributed by atoms with van der Waals surface area (Å²) in [5.74, 6) is 1.53. The summed E-state index contributed by atoms with van der Waals surface area (Å²) in [4.78, 5) is 12.9. The van der Waals surface area contributed by atoms with Crippen LogP contribution < -0.4 is 11.1 Å². The molecule has 0 heterocycles. The molecule has 3 saturated carbocycles. The van der Waals surface area contributed by atoms with Crippen LogP contribution in [-0.2, 0) is 10.3 Å². The molecule has 2 bridgehead atoms. The fourth-order valence-corrected chi connectivity index (χ4v) is 5.14. The molecule has 5 heteroatoms. The van der Waals surface area contributed by atoms with Crippen molar-refractivity contribution in [3.63, 3.8) is 0 Å². The van der Waals surface area contributed by atoms with Crippen LogP contribution in [-0.4, -0.2) is 11.9 Å². The molecule has 24 heavy (non-hydrogen) atoms. The molecule has 4 rings (SSSR count). The van der Waals surface area contributed by atoms with Crippen LogP contribution in [0.25, 0.3) is 0 Å². The van der Waals surface area contributed by atoms with Crippen LogP contribution in [0.15, 0.2) is 28.7 Å². The Morgan fingerprint density at radius 3 is 2.46 bits per heavy atom. The number of hydrogen-bond acceptors (Lipinski definition) is 2. The van der Waals surface area contributed by atoms with Gasteiger partial charge in [-0.2, -0.15) is 0 Å². The molecule has 1 aromatic carbocycles. The van der Waals surface area contributed by atoms with Crippen molar-refractivity contribution >= 4 is 34.2 Å². The van der Waals surface area contributed by atoms with E-state index in [2.05, 4.69) is 39.4 Å². The molecule has 2 atom stereocenters. The van der Waals surface area contributed by atoms with Crippen LogP contribution in [0.4, 0.5) is 0 Å². The summed E-state index contributed by atoms with van der Waals surface area (Å²) < 4.78 is 1.08. The summed E-state index contributed by atoms with van der Waals surface area (Å²) in [6.45, 7) is 0. The van der Waals surface area contributed by atoms with Gasteiger partial charge in [0.15, 0.2) is 0 Å². The number of carbonyl (C=O) groups is 1. The van der Waals surface area contributed by atoms with Gasteiger partial charge in [0.2, 0.25) is 5.91 Å². The van der Waals surface area contributed by atoms with Crippen molar-refractivity contribution < 1.29 is 4.79 Å². The number of halogens is 2. The Hall–Kier alpha value is -0.580. The van der Waals surface area contributed by atoms with Crippen LogP contribution in [0.5, 0.6) is 0 Å². The first-order valence-electron chi connectivity index (χ1n) is 8.91. The van der Waals surface area contributed by atoms with Gasteiger partial charge in [-0.25, -0.2) is 0 Å². The molecule has 0 saturated heterocycles. The van der Waals surface area contributed by atoms with E-state index in [1.807, 2.05) is 6.07 Å². The van der Waals surface area contributed by atoms with E-state index in [9.17, 15) is 4.79 Å². The number of nitrogens with one attached hydrogen (secondary N) is 1. The minimum absolute atomic E-state index is 0. The largest absolute Gasteiger partial charge is 0.346 e. The van der Waals surface area contributed by atoms with Crippen molar-refractivity contribution in [3.8, 4) is 0 Å². The van der Waals surface area contributed by atoms with E-state index in [0.717, 1.165) is 30.2 Å². The maximum atomic E-state index is 12.9. The van der Waals surface area contributed by atoms with Crippen molar-refractivity contribution in [1.82, 2.24) is 5.32 Å². The number of benzene rings is 1. The van der Waals surface area contributed by atoms with Crippen LogP contribution in [0.1, 0.15) is 50.5 Å². The van der Waals surface area contributed by atoms with E-state index in [1.54, 1.807) is 0 Å². The van der Waals surface area contributed by atoms with Gasteiger partial charge in [0.1, 0.15) is 0 Å². The van der Waals surface area contributed by atoms with Crippen molar-refractivity contribution in [3.05, 3.63) is 34.3 Å². The lowest BCUT2D eigenvalue weighted by Gasteiger charge is -2.43. The Balaban J connectivity index is 0.00000169. The molecule has 0 aliphatic heterocycles. The Morgan fingerprint density at radius 2 is 1.88 bits per heavy atom. The summed E-state index contributed by atoms with van der Waals surface area (Å²) in [6.07, 6.45) is 7.77. The summed E-state index contributed by atoms with van der Waals surface area (Å²) in [5, 5.41) is 3.38. The average Bonchev–Trinajstić information content (AvgIpc) is 3.27. The van der Waals surface area contributed by atoms with Crippen LogP contribution in [0.2, 0.25) is 0 Å². The monoisotopic (exact) mass is 412 g/mol. The van der Waals surface area contributed by atoms with Crippen molar-refractivity contribution in [2.24, 2.45) is 23.5 Å². The topological polar surface area (TPSA) is 55.1 Å². The van der Waals surface area contributed by atoms with Gasteiger partial charge in [-0.15, -0.1) is 12.4 Å². The first-order valence-corrected chi connectivity index (χ1v) is 9.70. The standard InChI is InChI=1S/C19H25BrN2O.ClH/c20-16-6-2-5-15(11-16)19(7-8-19)22-18(23)14-9-12-3-1-4-13(10-14)17(12)21;/h2,5-6,11-14,17H,1,3-4,7-10,21H2,(H,22,23);1H. The smallest absolute Gasteiger partial charge is 0.223 e. The number of rotatable bonds is 3. The third-order valence-corrected chi connectivity index (χ3v) is 6.77. The van der Waals surface area contributed by atoms with Crippen molar-refractivity contribution in [1.29, 1.82) is 0 Å². The summed E-state index contributed by atoms with van der Waals surface area (Å²) in [5.41, 5.74) is 7.47. The first-order chi connectivity index (χ1) is 11.1. The van der Waals surface area contributed by atoms with Crippen molar-refractivity contribution in [2.75, 3.05) is 0 Å². The Morgan fingerprint density at radius 1 is 1.21 bits per heavy atom. The number of amides is 1. The van der Waals surface area contributed by atoms with Crippen LogP contribution in [0, 0.1) is 17.8 Å². The Labute approximate surface area is 158 Å². The van der Waals surface area contributed by atoms with Crippen LogP contribution >= 0.6 is 28.3 Å². The lowest BCUT2D eigenvalue weighted by molar-refractivity contribution is -0.129. The predicted molar refractivity (Wildman–Crippen MR) is 102 cm³/mol. The fourth-order valence-electron chi connectivity index (χ4n) is 4.74. The van der Waals surface area contributed by atoms with Gasteiger partial charge in [-0.1, -0.05) is 34.5 Å². The highest BCUT2D eigenvalue weighted by atomic mass is 79.9. The fraction of sp³-hybridized carbons (Fsp3) is 0.632. The minimum atomic E-state index is -0.116. The van der Waals surface area contributed by atoms with E-state index in [0.29, 0.717) is 17.9 Å². The van der Waals surface area contributed by atoms with Crippen LogP contribution in [0.3, 0.4) is 0 Å². The maximum Gasteiger partial charge on any atom is 0.223 e. The molecule has 1 amide bonds. The maximum absolute atomic E-state index is 12.9. The number of carbonyl (C=O) groups excluding carboxylic acids is 1. The molecule has 3 aliphatic rings. The normalized spacial score (nSPS) is 33.2. The average molecular weight is 414 g/mol. The highest BCUT2D eigenvalue weighted by Gasteiger charge is 2.48. The molecule has 2 unspecified atom stereocenters.